The Morgan fingerprint density at radius 2 is 1.73 bits per heavy atom. The van der Waals surface area contributed by atoms with Crippen molar-refractivity contribution in [1.82, 2.24) is 20.1 Å². The average molecular weight is 682 g/mol. The molecule has 1 amide bonds. The normalized spacial score (nSPS) is 16.5. The molecule has 254 valence electrons. The lowest BCUT2D eigenvalue weighted by molar-refractivity contribution is -0.110. The van der Waals surface area contributed by atoms with Crippen LogP contribution in [-0.2, 0) is 11.3 Å². The zero-order chi connectivity index (χ0) is 33.9. The molecular formula is C36H65BrN4O3. The lowest BCUT2D eigenvalue weighted by Crippen LogP contribution is -2.27. The number of rotatable bonds is 14. The van der Waals surface area contributed by atoms with Gasteiger partial charge in [-0.2, -0.15) is 5.10 Å². The minimum absolute atomic E-state index is 0.00639. The van der Waals surface area contributed by atoms with Gasteiger partial charge in [0, 0.05) is 37.5 Å². The van der Waals surface area contributed by atoms with E-state index in [1.54, 1.807) is 13.1 Å². The van der Waals surface area contributed by atoms with Gasteiger partial charge in [0.2, 0.25) is 12.3 Å². The Morgan fingerprint density at radius 1 is 1.09 bits per heavy atom. The zero-order valence-electron chi connectivity index (χ0n) is 29.9. The summed E-state index contributed by atoms with van der Waals surface area (Å²) in [6.45, 7) is 23.1. The molecule has 2 heterocycles. The van der Waals surface area contributed by atoms with Gasteiger partial charge in [0.25, 0.3) is 0 Å². The van der Waals surface area contributed by atoms with E-state index in [0.717, 1.165) is 73.3 Å². The van der Waals surface area contributed by atoms with Crippen molar-refractivity contribution in [3.8, 4) is 5.88 Å². The molecule has 0 bridgehead atoms. The van der Waals surface area contributed by atoms with Gasteiger partial charge in [0.1, 0.15) is 11.8 Å². The Kier molecular flexibility index (Phi) is 28.2. The number of aryl methyl sites for hydroxylation is 2. The number of nitrogens with one attached hydrogen (secondary N) is 1. The number of aromatic nitrogens is 3. The van der Waals surface area contributed by atoms with Gasteiger partial charge in [0.05, 0.1) is 4.47 Å². The SMILES string of the molecule is CC.CC.CC.CC(=O)c1nn(CCC2CCC(Oc3ncccc3C)CC2)cc1Br.CCCC(CCC(C)CC)NC=O. The lowest BCUT2D eigenvalue weighted by atomic mass is 9.85. The Labute approximate surface area is 278 Å². The Morgan fingerprint density at radius 3 is 2.23 bits per heavy atom. The van der Waals surface area contributed by atoms with Crippen LogP contribution in [-0.4, -0.2) is 39.1 Å². The summed E-state index contributed by atoms with van der Waals surface area (Å²) in [6, 6.07) is 4.37. The molecule has 0 spiro atoms. The van der Waals surface area contributed by atoms with Gasteiger partial charge in [-0.05, 0) is 92.1 Å². The first-order valence-electron chi connectivity index (χ1n) is 17.3. The van der Waals surface area contributed by atoms with Crippen molar-refractivity contribution >= 4 is 28.1 Å². The van der Waals surface area contributed by atoms with Crippen molar-refractivity contribution in [3.05, 3.63) is 40.3 Å². The molecule has 1 aliphatic carbocycles. The number of nitrogens with zero attached hydrogens (tertiary/aromatic N) is 3. The molecule has 1 N–H and O–H groups in total. The summed E-state index contributed by atoms with van der Waals surface area (Å²) in [5, 5.41) is 7.24. The first kappa shape index (κ1) is 43.9. The molecule has 0 saturated heterocycles. The van der Waals surface area contributed by atoms with E-state index in [0.29, 0.717) is 17.7 Å². The van der Waals surface area contributed by atoms with Gasteiger partial charge >= 0.3 is 0 Å². The van der Waals surface area contributed by atoms with Crippen molar-refractivity contribution in [2.75, 3.05) is 0 Å². The molecule has 3 rings (SSSR count). The first-order chi connectivity index (χ1) is 21.3. The highest BCUT2D eigenvalue weighted by molar-refractivity contribution is 9.10. The predicted octanol–water partition coefficient (Wildman–Crippen LogP) is 10.4. The molecule has 0 aliphatic heterocycles. The van der Waals surface area contributed by atoms with Crippen LogP contribution in [0.4, 0.5) is 0 Å². The van der Waals surface area contributed by atoms with Crippen LogP contribution in [0.3, 0.4) is 0 Å². The molecule has 0 aromatic carbocycles. The number of amides is 1. The van der Waals surface area contributed by atoms with Crippen LogP contribution in [0.15, 0.2) is 29.0 Å². The molecule has 44 heavy (non-hydrogen) atoms. The van der Waals surface area contributed by atoms with Gasteiger partial charge in [-0.25, -0.2) is 4.98 Å². The largest absolute Gasteiger partial charge is 0.474 e. The van der Waals surface area contributed by atoms with Crippen LogP contribution in [0.25, 0.3) is 0 Å². The molecule has 2 aromatic rings. The topological polar surface area (TPSA) is 86.1 Å². The second-order valence-electron chi connectivity index (χ2n) is 10.7. The Balaban J connectivity index is 0. The standard InChI is InChI=1S/C19H24BrN3O2.C11H23NO.3C2H6/c1-13-4-3-10-21-19(13)25-16-7-5-15(6-8-16)9-11-23-12-17(20)18(22-23)14(2)24;1-4-6-11(12-9-13)8-7-10(3)5-2;3*1-2/h3-4,10,12,15-16H,5-9,11H2,1-2H3;9-11H,4-8H2,1-3H3,(H,12,13);3*1-2H3. The predicted molar refractivity (Wildman–Crippen MR) is 191 cm³/mol. The van der Waals surface area contributed by atoms with Crippen molar-refractivity contribution < 1.29 is 14.3 Å². The third-order valence-electron chi connectivity index (χ3n) is 7.50. The van der Waals surface area contributed by atoms with Gasteiger partial charge in [-0.3, -0.25) is 14.3 Å². The fourth-order valence-corrected chi connectivity index (χ4v) is 5.40. The number of ketones is 1. The maximum absolute atomic E-state index is 11.5. The van der Waals surface area contributed by atoms with Crippen molar-refractivity contribution in [2.24, 2.45) is 11.8 Å². The van der Waals surface area contributed by atoms with E-state index in [2.05, 4.69) is 52.1 Å². The smallest absolute Gasteiger partial charge is 0.216 e. The molecule has 8 heteroatoms. The van der Waals surface area contributed by atoms with Gasteiger partial charge in [0.15, 0.2) is 5.78 Å². The quantitative estimate of drug-likeness (QED) is 0.158. The Hall–Kier alpha value is -2.22. The highest BCUT2D eigenvalue weighted by Crippen LogP contribution is 2.30. The molecular weight excluding hydrogens is 616 g/mol. The maximum atomic E-state index is 11.5. The third kappa shape index (κ3) is 18.6. The van der Waals surface area contributed by atoms with E-state index in [1.165, 1.54) is 25.7 Å². The van der Waals surface area contributed by atoms with E-state index in [1.807, 2.05) is 71.5 Å². The van der Waals surface area contributed by atoms with Crippen LogP contribution in [0, 0.1) is 18.8 Å². The van der Waals surface area contributed by atoms with E-state index in [4.69, 9.17) is 4.74 Å². The number of Topliss-reactive ketones (excluding diaryl/α,β-unsaturated/α-hetero) is 1. The number of ether oxygens (including phenoxy) is 1. The van der Waals surface area contributed by atoms with Crippen molar-refractivity contribution in [1.29, 1.82) is 0 Å². The van der Waals surface area contributed by atoms with Crippen LogP contribution < -0.4 is 10.1 Å². The maximum Gasteiger partial charge on any atom is 0.216 e. The van der Waals surface area contributed by atoms with E-state index >= 15 is 0 Å². The molecule has 2 unspecified atom stereocenters. The summed E-state index contributed by atoms with van der Waals surface area (Å²) in [5.41, 5.74) is 1.61. The van der Waals surface area contributed by atoms with Crippen molar-refractivity contribution in [2.45, 2.75) is 159 Å². The average Bonchev–Trinajstić information content (AvgIpc) is 3.44. The van der Waals surface area contributed by atoms with Crippen LogP contribution in [0.1, 0.15) is 149 Å². The summed E-state index contributed by atoms with van der Waals surface area (Å²) < 4.78 is 8.73. The van der Waals surface area contributed by atoms with E-state index < -0.39 is 0 Å². The molecule has 1 aliphatic rings. The molecule has 1 fully saturated rings. The number of hydrogen-bond donors (Lipinski definition) is 1. The van der Waals surface area contributed by atoms with Crippen molar-refractivity contribution in [3.63, 3.8) is 0 Å². The van der Waals surface area contributed by atoms with Gasteiger partial charge in [-0.1, -0.05) is 81.2 Å². The summed E-state index contributed by atoms with van der Waals surface area (Å²) in [4.78, 5) is 26.1. The minimum atomic E-state index is -0.00639. The van der Waals surface area contributed by atoms with Crippen LogP contribution in [0.5, 0.6) is 5.88 Å². The Bertz CT molecular complexity index is 974. The number of hydrogen-bond acceptors (Lipinski definition) is 5. The fraction of sp³-hybridized carbons (Fsp3) is 0.722. The second-order valence-corrected chi connectivity index (χ2v) is 11.5. The molecule has 7 nitrogen and oxygen atoms in total. The summed E-state index contributed by atoms with van der Waals surface area (Å²) in [6.07, 6.45) is 16.2. The van der Waals surface area contributed by atoms with Crippen LogP contribution in [0.2, 0.25) is 0 Å². The van der Waals surface area contributed by atoms with Gasteiger partial charge in [-0.15, -0.1) is 0 Å². The molecule has 2 atom stereocenters. The highest BCUT2D eigenvalue weighted by Gasteiger charge is 2.23. The minimum Gasteiger partial charge on any atom is -0.474 e. The van der Waals surface area contributed by atoms with Gasteiger partial charge < -0.3 is 10.1 Å². The zero-order valence-corrected chi connectivity index (χ0v) is 31.5. The van der Waals surface area contributed by atoms with E-state index in [-0.39, 0.29) is 11.9 Å². The highest BCUT2D eigenvalue weighted by atomic mass is 79.9. The van der Waals surface area contributed by atoms with Crippen LogP contribution >= 0.6 is 15.9 Å². The molecule has 0 radical (unpaired) electrons. The second kappa shape index (κ2) is 28.3. The number of carbonyl (C=O) groups is 2. The number of halogens is 1. The number of pyridine rings is 1. The molecule has 1 saturated carbocycles. The fourth-order valence-electron chi connectivity index (χ4n) is 4.80. The summed E-state index contributed by atoms with van der Waals surface area (Å²) in [7, 11) is 0. The molecule has 2 aromatic heterocycles. The lowest BCUT2D eigenvalue weighted by Gasteiger charge is -2.29. The summed E-state index contributed by atoms with van der Waals surface area (Å²) >= 11 is 3.40. The third-order valence-corrected chi connectivity index (χ3v) is 8.08. The monoisotopic (exact) mass is 680 g/mol. The number of carbonyl (C=O) groups excluding carboxylic acids is 2. The summed E-state index contributed by atoms with van der Waals surface area (Å²) in [5.74, 6) is 2.23. The van der Waals surface area contributed by atoms with E-state index in [9.17, 15) is 9.59 Å². The first-order valence-corrected chi connectivity index (χ1v) is 18.1.